The van der Waals surface area contributed by atoms with E-state index in [2.05, 4.69) is 0 Å². The number of carbonyl (C=O) groups is 2. The lowest BCUT2D eigenvalue weighted by Gasteiger charge is -2.30. The summed E-state index contributed by atoms with van der Waals surface area (Å²) in [5, 5.41) is 0. The van der Waals surface area contributed by atoms with Gasteiger partial charge < -0.3 is 4.74 Å². The van der Waals surface area contributed by atoms with Gasteiger partial charge in [-0.1, -0.05) is 26.2 Å². The van der Waals surface area contributed by atoms with Crippen molar-refractivity contribution in [3.8, 4) is 0 Å². The van der Waals surface area contributed by atoms with Crippen molar-refractivity contribution < 1.29 is 14.3 Å². The van der Waals surface area contributed by atoms with Crippen molar-refractivity contribution in [1.29, 1.82) is 0 Å². The summed E-state index contributed by atoms with van der Waals surface area (Å²) < 4.78 is 4.73. The van der Waals surface area contributed by atoms with E-state index in [9.17, 15) is 9.59 Å². The molecule has 0 aliphatic heterocycles. The first-order chi connectivity index (χ1) is 6.60. The Morgan fingerprint density at radius 3 is 2.29 bits per heavy atom. The maximum absolute atomic E-state index is 11.7. The van der Waals surface area contributed by atoms with Crippen LogP contribution in [0, 0.1) is 5.41 Å². The highest BCUT2D eigenvalue weighted by atomic mass is 16.5. The first-order valence-electron chi connectivity index (χ1n) is 5.32. The van der Waals surface area contributed by atoms with Crippen molar-refractivity contribution >= 4 is 11.8 Å². The molecule has 80 valence electrons. The number of rotatable bonds is 3. The normalized spacial score (nSPS) is 20.1. The van der Waals surface area contributed by atoms with Crippen LogP contribution in [-0.2, 0) is 14.3 Å². The van der Waals surface area contributed by atoms with Gasteiger partial charge in [-0.3, -0.25) is 4.79 Å². The van der Waals surface area contributed by atoms with E-state index < -0.39 is 11.4 Å². The van der Waals surface area contributed by atoms with Crippen LogP contribution in [0.25, 0.3) is 0 Å². The molecule has 0 spiro atoms. The third-order valence-electron chi connectivity index (χ3n) is 2.97. The molecule has 0 bridgehead atoms. The molecule has 1 fully saturated rings. The fraction of sp³-hybridized carbons (Fsp3) is 0.818. The Morgan fingerprint density at radius 2 is 1.79 bits per heavy atom. The highest BCUT2D eigenvalue weighted by Gasteiger charge is 2.39. The van der Waals surface area contributed by atoms with Gasteiger partial charge in [0.25, 0.3) is 0 Å². The Hall–Kier alpha value is -0.860. The molecule has 3 heteroatoms. The van der Waals surface area contributed by atoms with E-state index >= 15 is 0 Å². The molecule has 1 saturated carbocycles. The molecule has 1 aliphatic rings. The molecule has 0 unspecified atom stereocenters. The average Bonchev–Trinajstić information content (AvgIpc) is 2.18. The predicted octanol–water partition coefficient (Wildman–Crippen LogP) is 2.09. The van der Waals surface area contributed by atoms with Crippen molar-refractivity contribution in [2.24, 2.45) is 5.41 Å². The summed E-state index contributed by atoms with van der Waals surface area (Å²) in [6.45, 7) is 3.88. The number of carbonyl (C=O) groups excluding carboxylic acids is 2. The van der Waals surface area contributed by atoms with E-state index in [0.717, 1.165) is 25.7 Å². The van der Waals surface area contributed by atoms with E-state index in [0.29, 0.717) is 0 Å². The minimum Gasteiger partial charge on any atom is -0.460 e. The Kier molecular flexibility index (Phi) is 3.67. The summed E-state index contributed by atoms with van der Waals surface area (Å²) in [5.74, 6) is -0.990. The fourth-order valence-corrected chi connectivity index (χ4v) is 2.00. The van der Waals surface area contributed by atoms with Gasteiger partial charge in [-0.15, -0.1) is 0 Å². The molecule has 0 atom stereocenters. The Bertz CT molecular complexity index is 227. The molecule has 1 rings (SSSR count). The first-order valence-corrected chi connectivity index (χ1v) is 5.32. The lowest BCUT2D eigenvalue weighted by atomic mass is 9.73. The molecule has 1 aliphatic carbocycles. The quantitative estimate of drug-likeness (QED) is 0.515. The fourth-order valence-electron chi connectivity index (χ4n) is 2.00. The smallest absolute Gasteiger partial charge is 0.375 e. The van der Waals surface area contributed by atoms with Crippen molar-refractivity contribution in [3.63, 3.8) is 0 Å². The molecule has 14 heavy (non-hydrogen) atoms. The van der Waals surface area contributed by atoms with Gasteiger partial charge in [-0.05, 0) is 19.8 Å². The molecule has 0 aromatic rings. The van der Waals surface area contributed by atoms with Crippen LogP contribution in [0.2, 0.25) is 0 Å². The van der Waals surface area contributed by atoms with Crippen LogP contribution >= 0.6 is 0 Å². The zero-order chi connectivity index (χ0) is 10.6. The maximum Gasteiger partial charge on any atom is 0.375 e. The summed E-state index contributed by atoms with van der Waals surface area (Å²) in [5.41, 5.74) is -0.454. The molecule has 0 radical (unpaired) electrons. The molecule has 0 aromatic heterocycles. The number of hydrogen-bond donors (Lipinski definition) is 0. The molecule has 0 N–H and O–H groups in total. The molecule has 0 aromatic carbocycles. The van der Waals surface area contributed by atoms with Gasteiger partial charge >= 0.3 is 5.97 Å². The van der Waals surface area contributed by atoms with Gasteiger partial charge in [-0.2, -0.15) is 0 Å². The van der Waals surface area contributed by atoms with Gasteiger partial charge in [0.1, 0.15) is 0 Å². The molecular weight excluding hydrogens is 180 g/mol. The van der Waals surface area contributed by atoms with Crippen LogP contribution in [0.15, 0.2) is 0 Å². The molecular formula is C11H18O3. The number of esters is 1. The summed E-state index contributed by atoms with van der Waals surface area (Å²) in [4.78, 5) is 23.0. The maximum atomic E-state index is 11.7. The second-order valence-corrected chi connectivity index (χ2v) is 4.17. The standard InChI is InChI=1S/C11H18O3/c1-3-14-10(13)9(12)11(2)7-5-4-6-8-11/h3-8H2,1-2H3. The summed E-state index contributed by atoms with van der Waals surface area (Å²) in [7, 11) is 0. The van der Waals surface area contributed by atoms with Gasteiger partial charge in [-0.25, -0.2) is 4.79 Å². The van der Waals surface area contributed by atoms with Crippen LogP contribution in [0.4, 0.5) is 0 Å². The Morgan fingerprint density at radius 1 is 1.21 bits per heavy atom. The van der Waals surface area contributed by atoms with Crippen LogP contribution in [0.3, 0.4) is 0 Å². The monoisotopic (exact) mass is 198 g/mol. The molecule has 0 heterocycles. The first kappa shape index (κ1) is 11.2. The molecule has 0 amide bonds. The van der Waals surface area contributed by atoms with Crippen LogP contribution in [0.5, 0.6) is 0 Å². The Labute approximate surface area is 84.8 Å². The molecule has 3 nitrogen and oxygen atoms in total. The predicted molar refractivity (Wildman–Crippen MR) is 52.8 cm³/mol. The summed E-state index contributed by atoms with van der Waals surface area (Å²) in [6, 6.07) is 0. The zero-order valence-electron chi connectivity index (χ0n) is 8.97. The highest BCUT2D eigenvalue weighted by Crippen LogP contribution is 2.36. The van der Waals surface area contributed by atoms with Crippen LogP contribution in [-0.4, -0.2) is 18.4 Å². The van der Waals surface area contributed by atoms with Crippen molar-refractivity contribution in [2.75, 3.05) is 6.61 Å². The van der Waals surface area contributed by atoms with Gasteiger partial charge in [0.15, 0.2) is 0 Å². The Balaban J connectivity index is 2.61. The van der Waals surface area contributed by atoms with E-state index in [1.54, 1.807) is 6.92 Å². The second kappa shape index (κ2) is 4.58. The van der Waals surface area contributed by atoms with Gasteiger partial charge in [0.05, 0.1) is 6.61 Å². The minimum absolute atomic E-state index is 0.278. The highest BCUT2D eigenvalue weighted by molar-refractivity contribution is 6.35. The number of ether oxygens (including phenoxy) is 1. The van der Waals surface area contributed by atoms with Gasteiger partial charge in [0.2, 0.25) is 5.78 Å². The minimum atomic E-state index is -0.656. The number of Topliss-reactive ketones (excluding diaryl/α,β-unsaturated/α-hetero) is 1. The van der Waals surface area contributed by atoms with E-state index in [-0.39, 0.29) is 12.4 Å². The van der Waals surface area contributed by atoms with E-state index in [1.807, 2.05) is 6.92 Å². The number of hydrogen-bond acceptors (Lipinski definition) is 3. The summed E-state index contributed by atoms with van der Waals surface area (Å²) in [6.07, 6.45) is 4.91. The second-order valence-electron chi connectivity index (χ2n) is 4.17. The van der Waals surface area contributed by atoms with Crippen LogP contribution < -0.4 is 0 Å². The van der Waals surface area contributed by atoms with E-state index in [4.69, 9.17) is 4.74 Å². The lowest BCUT2D eigenvalue weighted by Crippen LogP contribution is -2.36. The van der Waals surface area contributed by atoms with Crippen molar-refractivity contribution in [3.05, 3.63) is 0 Å². The van der Waals surface area contributed by atoms with Crippen LogP contribution in [0.1, 0.15) is 46.0 Å². The van der Waals surface area contributed by atoms with Crippen molar-refractivity contribution in [1.82, 2.24) is 0 Å². The SMILES string of the molecule is CCOC(=O)C(=O)C1(C)CCCCC1. The molecule has 0 saturated heterocycles. The summed E-state index contributed by atoms with van der Waals surface area (Å²) >= 11 is 0. The average molecular weight is 198 g/mol. The number of ketones is 1. The lowest BCUT2D eigenvalue weighted by molar-refractivity contribution is -0.158. The van der Waals surface area contributed by atoms with Gasteiger partial charge in [0, 0.05) is 5.41 Å². The third-order valence-corrected chi connectivity index (χ3v) is 2.97. The largest absolute Gasteiger partial charge is 0.460 e. The zero-order valence-corrected chi connectivity index (χ0v) is 8.97. The third kappa shape index (κ3) is 2.34. The topological polar surface area (TPSA) is 43.4 Å². The van der Waals surface area contributed by atoms with E-state index in [1.165, 1.54) is 6.42 Å². The van der Waals surface area contributed by atoms with Crippen molar-refractivity contribution in [2.45, 2.75) is 46.0 Å².